The largest absolute Gasteiger partial charge is 0.396 e. The molecule has 4 heteroatoms. The molecule has 1 aromatic heterocycles. The summed E-state index contributed by atoms with van der Waals surface area (Å²) in [4.78, 5) is 0. The second-order valence-electron chi connectivity index (χ2n) is 4.04. The Hall–Kier alpha value is -1.32. The van der Waals surface area contributed by atoms with Crippen molar-refractivity contribution < 1.29 is 5.11 Å². The quantitative estimate of drug-likeness (QED) is 0.910. The molecule has 0 atom stereocenters. The number of rotatable bonds is 3. The third-order valence-electron chi connectivity index (χ3n) is 2.87. The number of aliphatic hydroxyl groups is 1. The second kappa shape index (κ2) is 4.90. The van der Waals surface area contributed by atoms with Crippen LogP contribution in [0, 0.1) is 13.8 Å². The Kier molecular flexibility index (Phi) is 3.50. The number of benzene rings is 1. The van der Waals surface area contributed by atoms with Crippen LogP contribution in [0.3, 0.4) is 0 Å². The van der Waals surface area contributed by atoms with Crippen LogP contribution in [0.5, 0.6) is 0 Å². The maximum Gasteiger partial charge on any atom is 0.0689 e. The van der Waals surface area contributed by atoms with E-state index in [2.05, 4.69) is 5.10 Å². The van der Waals surface area contributed by atoms with Crippen LogP contribution in [-0.2, 0) is 6.42 Å². The topological polar surface area (TPSA) is 38.0 Å². The number of aryl methyl sites for hydroxylation is 1. The maximum absolute atomic E-state index is 8.96. The molecular weight excluding hydrogens is 236 g/mol. The summed E-state index contributed by atoms with van der Waals surface area (Å²) in [7, 11) is 0. The zero-order valence-electron chi connectivity index (χ0n) is 9.94. The predicted octanol–water partition coefficient (Wildman–Crippen LogP) is 2.68. The van der Waals surface area contributed by atoms with Crippen LogP contribution in [0.25, 0.3) is 5.69 Å². The number of aromatic nitrogens is 2. The minimum absolute atomic E-state index is 0.140. The molecule has 0 aliphatic carbocycles. The zero-order chi connectivity index (χ0) is 12.4. The number of nitrogens with zero attached hydrogens (tertiary/aromatic N) is 2. The van der Waals surface area contributed by atoms with Crippen molar-refractivity contribution >= 4 is 11.6 Å². The predicted molar refractivity (Wildman–Crippen MR) is 68.8 cm³/mol. The Bertz CT molecular complexity index is 534. The lowest BCUT2D eigenvalue weighted by Gasteiger charge is -2.06. The van der Waals surface area contributed by atoms with Crippen LogP contribution >= 0.6 is 11.6 Å². The number of aliphatic hydroxyl groups excluding tert-OH is 1. The number of hydrogen-bond donors (Lipinski definition) is 1. The van der Waals surface area contributed by atoms with Gasteiger partial charge < -0.3 is 5.11 Å². The summed E-state index contributed by atoms with van der Waals surface area (Å²) in [5.74, 6) is 0. The van der Waals surface area contributed by atoms with E-state index in [1.807, 2.05) is 42.9 Å². The first kappa shape index (κ1) is 12.1. The van der Waals surface area contributed by atoms with E-state index in [9.17, 15) is 0 Å². The highest BCUT2D eigenvalue weighted by Gasteiger charge is 2.09. The van der Waals surface area contributed by atoms with E-state index in [4.69, 9.17) is 16.7 Å². The van der Waals surface area contributed by atoms with Gasteiger partial charge >= 0.3 is 0 Å². The molecule has 0 spiro atoms. The Morgan fingerprint density at radius 3 is 2.82 bits per heavy atom. The molecular formula is C13H15ClN2O. The molecule has 2 rings (SSSR count). The summed E-state index contributed by atoms with van der Waals surface area (Å²) < 4.78 is 1.82. The van der Waals surface area contributed by atoms with Gasteiger partial charge in [0.15, 0.2) is 0 Å². The fourth-order valence-corrected chi connectivity index (χ4v) is 2.00. The summed E-state index contributed by atoms with van der Waals surface area (Å²) in [6, 6.07) is 5.76. The minimum Gasteiger partial charge on any atom is -0.396 e. The van der Waals surface area contributed by atoms with Gasteiger partial charge in [-0.2, -0.15) is 5.10 Å². The van der Waals surface area contributed by atoms with Crippen molar-refractivity contribution in [3.05, 3.63) is 46.2 Å². The molecule has 1 heterocycles. The van der Waals surface area contributed by atoms with Gasteiger partial charge in [-0.3, -0.25) is 0 Å². The van der Waals surface area contributed by atoms with Gasteiger partial charge in [-0.05, 0) is 43.5 Å². The van der Waals surface area contributed by atoms with Crippen molar-refractivity contribution in [2.24, 2.45) is 0 Å². The molecule has 0 fully saturated rings. The van der Waals surface area contributed by atoms with Crippen molar-refractivity contribution in [1.29, 1.82) is 0 Å². The Balaban J connectivity index is 2.46. The van der Waals surface area contributed by atoms with Crippen LogP contribution in [0.4, 0.5) is 0 Å². The first-order valence-corrected chi connectivity index (χ1v) is 5.92. The van der Waals surface area contributed by atoms with Crippen molar-refractivity contribution in [3.63, 3.8) is 0 Å². The lowest BCUT2D eigenvalue weighted by atomic mass is 10.2. The molecule has 1 N–H and O–H groups in total. The molecule has 90 valence electrons. The van der Waals surface area contributed by atoms with E-state index in [-0.39, 0.29) is 6.61 Å². The monoisotopic (exact) mass is 250 g/mol. The highest BCUT2D eigenvalue weighted by Crippen LogP contribution is 2.22. The van der Waals surface area contributed by atoms with Crippen LogP contribution in [0.2, 0.25) is 5.02 Å². The van der Waals surface area contributed by atoms with Crippen LogP contribution in [0.15, 0.2) is 24.4 Å². The van der Waals surface area contributed by atoms with Crippen LogP contribution < -0.4 is 0 Å². The third-order valence-corrected chi connectivity index (χ3v) is 3.28. The summed E-state index contributed by atoms with van der Waals surface area (Å²) in [5, 5.41) is 14.1. The average Bonchev–Trinajstić information content (AvgIpc) is 2.65. The average molecular weight is 251 g/mol. The fourth-order valence-electron chi connectivity index (χ4n) is 1.83. The molecule has 0 bridgehead atoms. The Morgan fingerprint density at radius 1 is 1.35 bits per heavy atom. The van der Waals surface area contributed by atoms with Gasteiger partial charge in [-0.15, -0.1) is 0 Å². The lowest BCUT2D eigenvalue weighted by Crippen LogP contribution is -1.98. The molecule has 1 aromatic carbocycles. The normalized spacial score (nSPS) is 10.8. The van der Waals surface area contributed by atoms with E-state index < -0.39 is 0 Å². The Morgan fingerprint density at radius 2 is 2.12 bits per heavy atom. The standard InChI is InChI=1S/C13H15ClN2O/c1-9-12(14)4-3-5-13(9)16-8-11(6-7-17)10(2)15-16/h3-5,8,17H,6-7H2,1-2H3. The number of halogens is 1. The van der Waals surface area contributed by atoms with Gasteiger partial charge in [0, 0.05) is 17.8 Å². The van der Waals surface area contributed by atoms with Crippen molar-refractivity contribution in [1.82, 2.24) is 9.78 Å². The molecule has 2 aromatic rings. The molecule has 0 aliphatic heterocycles. The van der Waals surface area contributed by atoms with Gasteiger partial charge in [0.25, 0.3) is 0 Å². The molecule has 0 radical (unpaired) electrons. The molecule has 0 saturated carbocycles. The van der Waals surface area contributed by atoms with Crippen LogP contribution in [0.1, 0.15) is 16.8 Å². The van der Waals surface area contributed by atoms with Crippen molar-refractivity contribution in [2.45, 2.75) is 20.3 Å². The first-order chi connectivity index (χ1) is 8.13. The zero-order valence-corrected chi connectivity index (χ0v) is 10.7. The first-order valence-electron chi connectivity index (χ1n) is 5.55. The smallest absolute Gasteiger partial charge is 0.0689 e. The minimum atomic E-state index is 0.140. The summed E-state index contributed by atoms with van der Waals surface area (Å²) >= 11 is 6.09. The summed E-state index contributed by atoms with van der Waals surface area (Å²) in [6.45, 7) is 4.06. The van der Waals surface area contributed by atoms with Crippen LogP contribution in [-0.4, -0.2) is 21.5 Å². The third kappa shape index (κ3) is 2.35. The molecule has 0 unspecified atom stereocenters. The van der Waals surface area contributed by atoms with Gasteiger partial charge in [-0.25, -0.2) is 4.68 Å². The molecule has 3 nitrogen and oxygen atoms in total. The van der Waals surface area contributed by atoms with E-state index in [0.29, 0.717) is 6.42 Å². The fraction of sp³-hybridized carbons (Fsp3) is 0.308. The Labute approximate surface area is 106 Å². The summed E-state index contributed by atoms with van der Waals surface area (Å²) in [5.41, 5.74) is 3.99. The molecule has 0 aliphatic rings. The van der Waals surface area contributed by atoms with E-state index in [1.54, 1.807) is 0 Å². The van der Waals surface area contributed by atoms with E-state index >= 15 is 0 Å². The van der Waals surface area contributed by atoms with Crippen molar-refractivity contribution in [3.8, 4) is 5.69 Å². The molecule has 0 amide bonds. The van der Waals surface area contributed by atoms with Gasteiger partial charge in [0.1, 0.15) is 0 Å². The lowest BCUT2D eigenvalue weighted by molar-refractivity contribution is 0.299. The molecule has 0 saturated heterocycles. The molecule has 17 heavy (non-hydrogen) atoms. The number of hydrogen-bond acceptors (Lipinski definition) is 2. The van der Waals surface area contributed by atoms with Gasteiger partial charge in [0.05, 0.1) is 11.4 Å². The second-order valence-corrected chi connectivity index (χ2v) is 4.45. The summed E-state index contributed by atoms with van der Waals surface area (Å²) in [6.07, 6.45) is 2.58. The highest BCUT2D eigenvalue weighted by molar-refractivity contribution is 6.31. The highest BCUT2D eigenvalue weighted by atomic mass is 35.5. The maximum atomic E-state index is 8.96. The SMILES string of the molecule is Cc1nn(-c2cccc(Cl)c2C)cc1CCO. The van der Waals surface area contributed by atoms with E-state index in [0.717, 1.165) is 27.5 Å². The van der Waals surface area contributed by atoms with Gasteiger partial charge in [-0.1, -0.05) is 17.7 Å². The van der Waals surface area contributed by atoms with E-state index in [1.165, 1.54) is 0 Å². The van der Waals surface area contributed by atoms with Gasteiger partial charge in [0.2, 0.25) is 0 Å². The van der Waals surface area contributed by atoms with Crippen molar-refractivity contribution in [2.75, 3.05) is 6.61 Å².